The molecule has 0 spiro atoms. The van der Waals surface area contributed by atoms with E-state index in [0.29, 0.717) is 31.5 Å². The van der Waals surface area contributed by atoms with Gasteiger partial charge in [-0.3, -0.25) is 28.8 Å². The van der Waals surface area contributed by atoms with E-state index in [9.17, 15) is 19.2 Å². The van der Waals surface area contributed by atoms with Gasteiger partial charge in [0, 0.05) is 37.4 Å². The van der Waals surface area contributed by atoms with Gasteiger partial charge in [0.05, 0.1) is 23.7 Å². The molecule has 2 bridgehead atoms. The highest BCUT2D eigenvalue weighted by molar-refractivity contribution is 6.06. The minimum atomic E-state index is -0.613. The van der Waals surface area contributed by atoms with E-state index in [0.717, 1.165) is 71.1 Å². The molecule has 1 aromatic carbocycles. The summed E-state index contributed by atoms with van der Waals surface area (Å²) in [5.41, 5.74) is 5.49. The van der Waals surface area contributed by atoms with Gasteiger partial charge >= 0.3 is 0 Å². The minimum absolute atomic E-state index is 0.00745. The maximum absolute atomic E-state index is 14.2. The number of fused-ring (bicyclic) bond motifs is 2. The number of rotatable bonds is 4. The molecule has 0 radical (unpaired) electrons. The van der Waals surface area contributed by atoms with Gasteiger partial charge in [0.1, 0.15) is 18.0 Å². The molecular formula is C36H46N4O4. The molecule has 4 heterocycles. The van der Waals surface area contributed by atoms with Crippen LogP contribution in [-0.4, -0.2) is 55.5 Å². The smallest absolute Gasteiger partial charge is 0.244 e. The third-order valence-corrected chi connectivity index (χ3v) is 9.77. The zero-order chi connectivity index (χ0) is 31.8. The van der Waals surface area contributed by atoms with Gasteiger partial charge in [0.15, 0.2) is 11.6 Å². The summed E-state index contributed by atoms with van der Waals surface area (Å²) in [6, 6.07) is 7.41. The predicted octanol–water partition coefficient (Wildman–Crippen LogP) is 6.08. The molecule has 2 aliphatic heterocycles. The first-order chi connectivity index (χ1) is 20.8. The Labute approximate surface area is 260 Å². The van der Waals surface area contributed by atoms with Crippen molar-refractivity contribution >= 4 is 34.2 Å². The first-order valence-electron chi connectivity index (χ1n) is 16.1. The van der Waals surface area contributed by atoms with Crippen LogP contribution in [0.15, 0.2) is 24.3 Å². The number of benzene rings is 1. The molecule has 0 aliphatic carbocycles. The first kappa shape index (κ1) is 31.7. The molecule has 0 unspecified atom stereocenters. The molecule has 1 saturated heterocycles. The van der Waals surface area contributed by atoms with Crippen LogP contribution in [-0.2, 0) is 33.8 Å². The van der Waals surface area contributed by atoms with Gasteiger partial charge in [-0.1, -0.05) is 44.4 Å². The van der Waals surface area contributed by atoms with Crippen molar-refractivity contribution in [1.29, 1.82) is 0 Å². The number of hydrogen-bond donors (Lipinski definition) is 0. The van der Waals surface area contributed by atoms with Gasteiger partial charge in [-0.25, -0.2) is 0 Å². The lowest BCUT2D eigenvalue weighted by molar-refractivity contribution is -0.138. The summed E-state index contributed by atoms with van der Waals surface area (Å²) >= 11 is 0. The lowest BCUT2D eigenvalue weighted by Crippen LogP contribution is -2.43. The van der Waals surface area contributed by atoms with Crippen LogP contribution in [0.4, 0.5) is 0 Å². The molecule has 1 fully saturated rings. The van der Waals surface area contributed by atoms with Gasteiger partial charge in [0.2, 0.25) is 5.91 Å². The molecule has 8 heteroatoms. The van der Waals surface area contributed by atoms with Crippen LogP contribution in [0.3, 0.4) is 0 Å². The highest BCUT2D eigenvalue weighted by Crippen LogP contribution is 2.41. The molecule has 2 atom stereocenters. The Morgan fingerprint density at radius 3 is 2.45 bits per heavy atom. The van der Waals surface area contributed by atoms with E-state index in [2.05, 4.69) is 30.0 Å². The van der Waals surface area contributed by atoms with E-state index in [1.165, 1.54) is 6.92 Å². The second-order valence-corrected chi connectivity index (χ2v) is 13.9. The Morgan fingerprint density at radius 2 is 1.73 bits per heavy atom. The normalized spacial score (nSPS) is 21.5. The first-order valence-corrected chi connectivity index (χ1v) is 16.1. The minimum Gasteiger partial charge on any atom is -0.331 e. The number of carbonyl (C=O) groups excluding carboxylic acids is 4. The summed E-state index contributed by atoms with van der Waals surface area (Å²) in [5, 5.41) is 5.47. The standard InChI is InChI=1S/C36H46N4O4/c1-22-15-26-11-9-7-8-10-12-28(42)19-36(5,6)27-17-31(32(43)18-30-23(2)13-14-24(3)37-30)39(20-27)33(44)21-40-35(26)29(16-22)34(38-40)25(4)41/h13-16,27,31H,7-12,17-21H2,1-6H3/t27-,31-/m0/s1. The Hall–Kier alpha value is -3.68. The van der Waals surface area contributed by atoms with Crippen molar-refractivity contribution in [3.8, 4) is 0 Å². The number of aryl methyl sites for hydroxylation is 4. The number of amides is 1. The van der Waals surface area contributed by atoms with Crippen molar-refractivity contribution in [2.75, 3.05) is 6.54 Å². The summed E-state index contributed by atoms with van der Waals surface area (Å²) in [5.74, 6) is -0.126. The molecule has 234 valence electrons. The van der Waals surface area contributed by atoms with Gasteiger partial charge in [-0.05, 0) is 81.0 Å². The number of ketones is 3. The number of carbonyl (C=O) groups is 4. The number of nitrogens with zero attached hydrogens (tertiary/aromatic N) is 4. The molecule has 0 saturated carbocycles. The van der Waals surface area contributed by atoms with Crippen LogP contribution in [0.5, 0.6) is 0 Å². The highest BCUT2D eigenvalue weighted by Gasteiger charge is 2.45. The molecule has 1 amide bonds. The van der Waals surface area contributed by atoms with E-state index in [1.54, 1.807) is 9.58 Å². The van der Waals surface area contributed by atoms with Gasteiger partial charge in [-0.15, -0.1) is 0 Å². The fraction of sp³-hybridized carbons (Fsp3) is 0.556. The summed E-state index contributed by atoms with van der Waals surface area (Å²) in [6.07, 6.45) is 6.26. The van der Waals surface area contributed by atoms with Crippen LogP contribution in [0.2, 0.25) is 0 Å². The van der Waals surface area contributed by atoms with Crippen LogP contribution < -0.4 is 0 Å². The maximum atomic E-state index is 14.2. The van der Waals surface area contributed by atoms with E-state index < -0.39 is 6.04 Å². The summed E-state index contributed by atoms with van der Waals surface area (Å²) in [7, 11) is 0. The molecule has 44 heavy (non-hydrogen) atoms. The third-order valence-electron chi connectivity index (χ3n) is 9.77. The van der Waals surface area contributed by atoms with Crippen molar-refractivity contribution in [3.63, 3.8) is 0 Å². The Balaban J connectivity index is 1.55. The van der Waals surface area contributed by atoms with Crippen molar-refractivity contribution in [1.82, 2.24) is 19.7 Å². The monoisotopic (exact) mass is 598 g/mol. The van der Waals surface area contributed by atoms with E-state index in [1.807, 2.05) is 39.0 Å². The fourth-order valence-electron chi connectivity index (χ4n) is 7.20. The Kier molecular flexibility index (Phi) is 9.19. The van der Waals surface area contributed by atoms with Crippen LogP contribution >= 0.6 is 0 Å². The largest absolute Gasteiger partial charge is 0.331 e. The number of hydrogen-bond acceptors (Lipinski definition) is 6. The second kappa shape index (κ2) is 12.7. The zero-order valence-corrected chi connectivity index (χ0v) is 27.2. The van der Waals surface area contributed by atoms with Crippen molar-refractivity contribution < 1.29 is 19.2 Å². The molecule has 2 aromatic heterocycles. The fourth-order valence-corrected chi connectivity index (χ4v) is 7.20. The number of Topliss-reactive ketones (excluding diaryl/α,β-unsaturated/α-hetero) is 3. The SMILES string of the molecule is CC(=O)c1nn2c3c(cc(C)cc13)CCCCCCC(=O)CC(C)(C)[C@H]1C[C@@H](C(=O)Cc3nc(C)ccc3C)N(C1)C(=O)C2. The van der Waals surface area contributed by atoms with Crippen LogP contribution in [0.1, 0.15) is 104 Å². The molecule has 3 aromatic rings. The zero-order valence-electron chi connectivity index (χ0n) is 27.2. The lowest BCUT2D eigenvalue weighted by atomic mass is 9.73. The Bertz CT molecular complexity index is 1620. The summed E-state index contributed by atoms with van der Waals surface area (Å²) in [4.78, 5) is 60.3. The topological polar surface area (TPSA) is 102 Å². The van der Waals surface area contributed by atoms with Crippen LogP contribution in [0, 0.1) is 32.1 Å². The third kappa shape index (κ3) is 6.69. The maximum Gasteiger partial charge on any atom is 0.244 e. The van der Waals surface area contributed by atoms with Gasteiger partial charge < -0.3 is 4.90 Å². The number of aromatic nitrogens is 3. The van der Waals surface area contributed by atoms with Gasteiger partial charge in [0.25, 0.3) is 0 Å². The average molecular weight is 599 g/mol. The quantitative estimate of drug-likeness (QED) is 0.337. The molecule has 8 nitrogen and oxygen atoms in total. The van der Waals surface area contributed by atoms with E-state index in [4.69, 9.17) is 0 Å². The lowest BCUT2D eigenvalue weighted by Gasteiger charge is -2.31. The van der Waals surface area contributed by atoms with Crippen LogP contribution in [0.25, 0.3) is 10.9 Å². The molecule has 0 N–H and O–H groups in total. The molecule has 2 aliphatic rings. The van der Waals surface area contributed by atoms with Gasteiger partial charge in [-0.2, -0.15) is 5.10 Å². The average Bonchev–Trinajstić information content (AvgIpc) is 3.55. The predicted molar refractivity (Wildman–Crippen MR) is 171 cm³/mol. The summed E-state index contributed by atoms with van der Waals surface area (Å²) < 4.78 is 1.69. The highest BCUT2D eigenvalue weighted by atomic mass is 16.2. The van der Waals surface area contributed by atoms with E-state index in [-0.39, 0.29) is 47.6 Å². The molecule has 5 rings (SSSR count). The van der Waals surface area contributed by atoms with Crippen molar-refractivity contribution in [3.05, 3.63) is 58.0 Å². The molecular weight excluding hydrogens is 552 g/mol. The summed E-state index contributed by atoms with van der Waals surface area (Å²) in [6.45, 7) is 11.9. The van der Waals surface area contributed by atoms with Crippen molar-refractivity contribution in [2.24, 2.45) is 11.3 Å². The van der Waals surface area contributed by atoms with Crippen molar-refractivity contribution in [2.45, 2.75) is 112 Å². The van der Waals surface area contributed by atoms with E-state index >= 15 is 0 Å². The Morgan fingerprint density at radius 1 is 1.00 bits per heavy atom. The number of pyridine rings is 1. The second-order valence-electron chi connectivity index (χ2n) is 13.9.